The highest BCUT2D eigenvalue weighted by Gasteiger charge is 2.50. The Hall–Kier alpha value is -0.820. The van der Waals surface area contributed by atoms with E-state index in [-0.39, 0.29) is 6.10 Å². The van der Waals surface area contributed by atoms with E-state index in [1.165, 1.54) is 62.5 Å². The topological polar surface area (TPSA) is 20.2 Å². The summed E-state index contributed by atoms with van der Waals surface area (Å²) in [6.07, 6.45) is 18.2. The third-order valence-corrected chi connectivity index (χ3v) is 8.35. The molecule has 0 aromatic rings. The monoisotopic (exact) mass is 384 g/mol. The fourth-order valence-electron chi connectivity index (χ4n) is 6.66. The van der Waals surface area contributed by atoms with Crippen LogP contribution < -0.4 is 0 Å². The van der Waals surface area contributed by atoms with E-state index in [0.717, 1.165) is 42.9 Å². The van der Waals surface area contributed by atoms with Crippen molar-refractivity contribution >= 4 is 0 Å². The number of aliphatic hydroxyl groups is 1. The highest BCUT2D eigenvalue weighted by Crippen LogP contribution is 2.59. The lowest BCUT2D eigenvalue weighted by Gasteiger charge is -2.44. The van der Waals surface area contributed by atoms with Gasteiger partial charge in [0.15, 0.2) is 0 Å². The largest absolute Gasteiger partial charge is 0.393 e. The number of hydrogen-bond acceptors (Lipinski definition) is 1. The molecule has 0 aliphatic heterocycles. The van der Waals surface area contributed by atoms with Gasteiger partial charge in [-0.15, -0.1) is 0 Å². The number of hydrogen-bond donors (Lipinski definition) is 1. The predicted octanol–water partition coefficient (Wildman–Crippen LogP) is 7.62. The lowest BCUT2D eigenvalue weighted by molar-refractivity contribution is 0.0929. The Kier molecular flexibility index (Phi) is 7.29. The molecule has 0 aromatic heterocycles. The van der Waals surface area contributed by atoms with E-state index < -0.39 is 0 Å². The van der Waals surface area contributed by atoms with Gasteiger partial charge >= 0.3 is 0 Å². The zero-order chi connectivity index (χ0) is 20.3. The maximum Gasteiger partial charge on any atom is 0.0583 e. The minimum Gasteiger partial charge on any atom is -0.393 e. The first kappa shape index (κ1) is 21.9. The van der Waals surface area contributed by atoms with Crippen molar-refractivity contribution in [3.05, 3.63) is 35.5 Å². The zero-order valence-corrected chi connectivity index (χ0v) is 19.0. The van der Waals surface area contributed by atoms with Crippen LogP contribution in [0.25, 0.3) is 0 Å². The van der Waals surface area contributed by atoms with Gasteiger partial charge in [0.1, 0.15) is 0 Å². The van der Waals surface area contributed by atoms with Crippen LogP contribution in [-0.4, -0.2) is 11.2 Å². The van der Waals surface area contributed by atoms with Gasteiger partial charge in [-0.25, -0.2) is 0 Å². The standard InChI is InChI=1S/C27H44O/c1-19(2)8-6-9-21(4)25-15-16-26-22(10-7-17-27(25,26)5)12-13-23-18-24(28)14-11-20(23)3/h12-13,19,21,24-26,28H,3,6-11,14-18H2,1-2,4-5H3/b22-12+,23-13+/t21-,24-,25-,26+,27-/m1/s1. The van der Waals surface area contributed by atoms with Crippen molar-refractivity contribution in [1.29, 1.82) is 0 Å². The first-order valence-corrected chi connectivity index (χ1v) is 12.1. The maximum atomic E-state index is 10.0. The van der Waals surface area contributed by atoms with Gasteiger partial charge in [-0.1, -0.05) is 76.8 Å². The molecule has 5 atom stereocenters. The van der Waals surface area contributed by atoms with Crippen LogP contribution in [0.2, 0.25) is 0 Å². The Morgan fingerprint density at radius 3 is 2.64 bits per heavy atom. The minimum absolute atomic E-state index is 0.172. The molecule has 0 aromatic carbocycles. The summed E-state index contributed by atoms with van der Waals surface area (Å²) in [7, 11) is 0. The number of aliphatic hydroxyl groups excluding tert-OH is 1. The summed E-state index contributed by atoms with van der Waals surface area (Å²) in [5.41, 5.74) is 4.72. The fraction of sp³-hybridized carbons (Fsp3) is 0.778. The van der Waals surface area contributed by atoms with E-state index in [4.69, 9.17) is 0 Å². The summed E-state index contributed by atoms with van der Waals surface area (Å²) in [6, 6.07) is 0. The predicted molar refractivity (Wildman–Crippen MR) is 121 cm³/mol. The molecule has 3 aliphatic rings. The molecule has 1 nitrogen and oxygen atoms in total. The van der Waals surface area contributed by atoms with Crippen LogP contribution in [0.1, 0.15) is 98.3 Å². The van der Waals surface area contributed by atoms with Crippen molar-refractivity contribution < 1.29 is 5.11 Å². The smallest absolute Gasteiger partial charge is 0.0583 e. The van der Waals surface area contributed by atoms with Crippen molar-refractivity contribution in [2.45, 2.75) is 104 Å². The molecule has 0 heterocycles. The van der Waals surface area contributed by atoms with Crippen molar-refractivity contribution in [2.24, 2.45) is 29.1 Å². The van der Waals surface area contributed by atoms with Crippen molar-refractivity contribution in [2.75, 3.05) is 0 Å². The zero-order valence-electron chi connectivity index (χ0n) is 19.0. The number of rotatable bonds is 6. The van der Waals surface area contributed by atoms with Gasteiger partial charge in [0, 0.05) is 0 Å². The van der Waals surface area contributed by atoms with E-state index in [1.807, 2.05) is 0 Å². The van der Waals surface area contributed by atoms with Gasteiger partial charge in [-0.3, -0.25) is 0 Å². The van der Waals surface area contributed by atoms with E-state index in [9.17, 15) is 5.11 Å². The molecule has 0 bridgehead atoms. The Morgan fingerprint density at radius 1 is 1.11 bits per heavy atom. The van der Waals surface area contributed by atoms with Crippen molar-refractivity contribution in [1.82, 2.24) is 0 Å². The number of fused-ring (bicyclic) bond motifs is 1. The van der Waals surface area contributed by atoms with E-state index in [0.29, 0.717) is 5.41 Å². The molecule has 0 saturated heterocycles. The van der Waals surface area contributed by atoms with Gasteiger partial charge in [0.05, 0.1) is 6.10 Å². The van der Waals surface area contributed by atoms with Crippen LogP contribution in [-0.2, 0) is 0 Å². The minimum atomic E-state index is -0.172. The summed E-state index contributed by atoms with van der Waals surface area (Å²) < 4.78 is 0. The lowest BCUT2D eigenvalue weighted by atomic mass is 9.60. The van der Waals surface area contributed by atoms with E-state index in [1.54, 1.807) is 5.57 Å². The molecule has 3 aliphatic carbocycles. The van der Waals surface area contributed by atoms with Crippen LogP contribution in [0.15, 0.2) is 35.5 Å². The second-order valence-electron chi connectivity index (χ2n) is 10.8. The third-order valence-electron chi connectivity index (χ3n) is 8.35. The Balaban J connectivity index is 1.70. The molecule has 0 radical (unpaired) electrons. The molecule has 0 amide bonds. The quantitative estimate of drug-likeness (QED) is 0.499. The van der Waals surface area contributed by atoms with Crippen LogP contribution in [0, 0.1) is 29.1 Å². The molecule has 158 valence electrons. The molecule has 28 heavy (non-hydrogen) atoms. The van der Waals surface area contributed by atoms with Gasteiger partial charge in [-0.2, -0.15) is 0 Å². The molecular weight excluding hydrogens is 340 g/mol. The fourth-order valence-corrected chi connectivity index (χ4v) is 6.66. The van der Waals surface area contributed by atoms with Crippen molar-refractivity contribution in [3.63, 3.8) is 0 Å². The Morgan fingerprint density at radius 2 is 1.89 bits per heavy atom. The third kappa shape index (κ3) is 4.84. The van der Waals surface area contributed by atoms with Crippen LogP contribution in [0.5, 0.6) is 0 Å². The van der Waals surface area contributed by atoms with Gasteiger partial charge in [-0.05, 0) is 86.0 Å². The lowest BCUT2D eigenvalue weighted by Crippen LogP contribution is -2.36. The average Bonchev–Trinajstić information content (AvgIpc) is 2.99. The second kappa shape index (κ2) is 9.33. The summed E-state index contributed by atoms with van der Waals surface area (Å²) in [5.74, 6) is 3.37. The highest BCUT2D eigenvalue weighted by molar-refractivity contribution is 5.36. The SMILES string of the molecule is C=C1CC[C@@H](O)C/C1=C\C=C1/CCC[C@]2(C)[C@@H]([C@H](C)CCCC(C)C)CC[C@@H]12. The normalized spacial score (nSPS) is 37.6. The molecular formula is C27H44O. The van der Waals surface area contributed by atoms with Crippen molar-refractivity contribution in [3.8, 4) is 0 Å². The van der Waals surface area contributed by atoms with Gasteiger partial charge < -0.3 is 5.11 Å². The summed E-state index contributed by atoms with van der Waals surface area (Å²) in [4.78, 5) is 0. The van der Waals surface area contributed by atoms with Gasteiger partial charge in [0.2, 0.25) is 0 Å². The summed E-state index contributed by atoms with van der Waals surface area (Å²) in [5, 5.41) is 10.0. The van der Waals surface area contributed by atoms with Crippen LogP contribution >= 0.6 is 0 Å². The average molecular weight is 385 g/mol. The maximum absolute atomic E-state index is 10.0. The molecule has 3 fully saturated rings. The summed E-state index contributed by atoms with van der Waals surface area (Å²) in [6.45, 7) is 14.1. The van der Waals surface area contributed by atoms with E-state index >= 15 is 0 Å². The molecule has 0 spiro atoms. The Labute approximate surface area is 174 Å². The summed E-state index contributed by atoms with van der Waals surface area (Å²) >= 11 is 0. The first-order valence-electron chi connectivity index (χ1n) is 12.1. The Bertz CT molecular complexity index is 610. The second-order valence-corrected chi connectivity index (χ2v) is 10.8. The first-order chi connectivity index (χ1) is 13.3. The molecule has 1 heteroatoms. The van der Waals surface area contributed by atoms with Crippen LogP contribution in [0.3, 0.4) is 0 Å². The van der Waals surface area contributed by atoms with Crippen LogP contribution in [0.4, 0.5) is 0 Å². The highest BCUT2D eigenvalue weighted by atomic mass is 16.3. The van der Waals surface area contributed by atoms with Gasteiger partial charge in [0.25, 0.3) is 0 Å². The molecule has 3 rings (SSSR count). The molecule has 1 N–H and O–H groups in total. The molecule has 0 unspecified atom stereocenters. The number of allylic oxidation sites excluding steroid dienone is 4. The molecule has 3 saturated carbocycles. The van der Waals surface area contributed by atoms with E-state index in [2.05, 4.69) is 46.4 Å².